The van der Waals surface area contributed by atoms with Gasteiger partial charge in [0.25, 0.3) is 11.8 Å². The summed E-state index contributed by atoms with van der Waals surface area (Å²) in [5.74, 6) is 0.0692. The van der Waals surface area contributed by atoms with Gasteiger partial charge in [-0.15, -0.1) is 0 Å². The number of aromatic amines is 1. The molecule has 0 aliphatic carbocycles. The van der Waals surface area contributed by atoms with E-state index in [2.05, 4.69) is 15.6 Å². The van der Waals surface area contributed by atoms with Crippen LogP contribution < -0.4 is 15.4 Å². The zero-order chi connectivity index (χ0) is 23.0. The number of H-pyrrole nitrogens is 1. The molecule has 0 saturated carbocycles. The van der Waals surface area contributed by atoms with E-state index in [9.17, 15) is 9.59 Å². The topological polar surface area (TPSA) is 83.2 Å². The fourth-order valence-corrected chi connectivity index (χ4v) is 3.63. The van der Waals surface area contributed by atoms with E-state index in [0.717, 1.165) is 27.8 Å². The van der Waals surface area contributed by atoms with Gasteiger partial charge in [-0.25, -0.2) is 0 Å². The van der Waals surface area contributed by atoms with Gasteiger partial charge in [0.15, 0.2) is 0 Å². The molecule has 0 aliphatic heterocycles. The predicted molar refractivity (Wildman–Crippen MR) is 130 cm³/mol. The van der Waals surface area contributed by atoms with Crippen LogP contribution in [0.15, 0.2) is 90.8 Å². The molecule has 6 nitrogen and oxygen atoms in total. The second-order valence-corrected chi connectivity index (χ2v) is 7.49. The van der Waals surface area contributed by atoms with Gasteiger partial charge >= 0.3 is 0 Å². The smallest absolute Gasteiger partial charge is 0.267 e. The van der Waals surface area contributed by atoms with Crippen molar-refractivity contribution in [1.29, 1.82) is 0 Å². The first-order valence-electron chi connectivity index (χ1n) is 10.7. The highest BCUT2D eigenvalue weighted by molar-refractivity contribution is 6.06. The molecule has 0 fully saturated rings. The summed E-state index contributed by atoms with van der Waals surface area (Å²) in [4.78, 5) is 29.0. The molecule has 1 heterocycles. The van der Waals surface area contributed by atoms with Gasteiger partial charge in [-0.3, -0.25) is 9.59 Å². The first-order valence-corrected chi connectivity index (χ1v) is 10.7. The number of aromatic nitrogens is 1. The van der Waals surface area contributed by atoms with E-state index >= 15 is 0 Å². The van der Waals surface area contributed by atoms with Crippen LogP contribution in [-0.4, -0.2) is 30.5 Å². The van der Waals surface area contributed by atoms with E-state index in [4.69, 9.17) is 4.74 Å². The summed E-state index contributed by atoms with van der Waals surface area (Å²) in [6.45, 7) is 0.394. The number of rotatable bonds is 8. The van der Waals surface area contributed by atoms with Gasteiger partial charge in [0.1, 0.15) is 11.4 Å². The lowest BCUT2D eigenvalue weighted by Crippen LogP contribution is -2.35. The fraction of sp³-hybridized carbons (Fsp3) is 0.111. The highest BCUT2D eigenvalue weighted by Gasteiger charge is 2.15. The second-order valence-electron chi connectivity index (χ2n) is 7.49. The number of methoxy groups -OCH3 is 1. The summed E-state index contributed by atoms with van der Waals surface area (Å²) < 4.78 is 5.38. The maximum absolute atomic E-state index is 13.1. The molecule has 0 saturated heterocycles. The first-order chi connectivity index (χ1) is 16.2. The van der Waals surface area contributed by atoms with Crippen molar-refractivity contribution in [3.8, 4) is 5.75 Å². The van der Waals surface area contributed by atoms with E-state index < -0.39 is 0 Å². The van der Waals surface area contributed by atoms with Crippen LogP contribution >= 0.6 is 0 Å². The monoisotopic (exact) mass is 439 g/mol. The Bertz CT molecular complexity index is 1290. The van der Waals surface area contributed by atoms with Crippen molar-refractivity contribution in [3.63, 3.8) is 0 Å². The Labute approximate surface area is 192 Å². The summed E-state index contributed by atoms with van der Waals surface area (Å²) >= 11 is 0. The first kappa shape index (κ1) is 21.9. The maximum Gasteiger partial charge on any atom is 0.267 e. The van der Waals surface area contributed by atoms with Crippen molar-refractivity contribution in [2.75, 3.05) is 13.7 Å². The summed E-state index contributed by atoms with van der Waals surface area (Å²) in [5.41, 5.74) is 3.41. The summed E-state index contributed by atoms with van der Waals surface area (Å²) in [6, 6.07) is 24.3. The van der Waals surface area contributed by atoms with E-state index in [1.807, 2.05) is 60.8 Å². The lowest BCUT2D eigenvalue weighted by atomic mass is 10.1. The Balaban J connectivity index is 1.55. The number of fused-ring (bicyclic) bond motifs is 1. The molecule has 0 spiro atoms. The van der Waals surface area contributed by atoms with Crippen LogP contribution in [-0.2, 0) is 11.2 Å². The maximum atomic E-state index is 13.1. The molecular weight excluding hydrogens is 414 g/mol. The highest BCUT2D eigenvalue weighted by atomic mass is 16.5. The van der Waals surface area contributed by atoms with Crippen LogP contribution in [0.25, 0.3) is 17.0 Å². The van der Waals surface area contributed by atoms with Crippen LogP contribution in [0.2, 0.25) is 0 Å². The molecule has 0 unspecified atom stereocenters. The molecular formula is C27H25N3O3. The number of benzene rings is 3. The normalized spacial score (nSPS) is 11.2. The molecule has 2 amide bonds. The number of ether oxygens (including phenoxy) is 1. The molecule has 3 aromatic carbocycles. The van der Waals surface area contributed by atoms with Crippen LogP contribution in [0.3, 0.4) is 0 Å². The van der Waals surface area contributed by atoms with Crippen LogP contribution in [0, 0.1) is 0 Å². The number of amides is 2. The number of carbonyl (C=O) groups excluding carboxylic acids is 2. The Morgan fingerprint density at radius 3 is 2.48 bits per heavy atom. The Morgan fingerprint density at radius 2 is 1.67 bits per heavy atom. The van der Waals surface area contributed by atoms with Crippen LogP contribution in [0.5, 0.6) is 5.75 Å². The molecule has 166 valence electrons. The van der Waals surface area contributed by atoms with Crippen molar-refractivity contribution >= 4 is 28.8 Å². The summed E-state index contributed by atoms with van der Waals surface area (Å²) in [6.07, 6.45) is 4.11. The molecule has 4 rings (SSSR count). The fourth-order valence-electron chi connectivity index (χ4n) is 3.63. The molecule has 4 aromatic rings. The predicted octanol–water partition coefficient (Wildman–Crippen LogP) is 4.31. The average molecular weight is 440 g/mol. The number of hydrogen-bond donors (Lipinski definition) is 3. The molecule has 3 N–H and O–H groups in total. The summed E-state index contributed by atoms with van der Waals surface area (Å²) in [5, 5.41) is 6.65. The zero-order valence-electron chi connectivity index (χ0n) is 18.3. The summed E-state index contributed by atoms with van der Waals surface area (Å²) in [7, 11) is 1.62. The van der Waals surface area contributed by atoms with Gasteiger partial charge in [-0.2, -0.15) is 0 Å². The van der Waals surface area contributed by atoms with Gasteiger partial charge in [0.05, 0.1) is 7.11 Å². The van der Waals surface area contributed by atoms with Gasteiger partial charge in [-0.1, -0.05) is 54.6 Å². The van der Waals surface area contributed by atoms with Crippen molar-refractivity contribution in [1.82, 2.24) is 15.6 Å². The van der Waals surface area contributed by atoms with Crippen LogP contribution in [0.4, 0.5) is 0 Å². The van der Waals surface area contributed by atoms with Crippen molar-refractivity contribution < 1.29 is 14.3 Å². The second kappa shape index (κ2) is 10.3. The largest absolute Gasteiger partial charge is 0.496 e. The third-order valence-corrected chi connectivity index (χ3v) is 5.32. The molecule has 0 aliphatic rings. The molecule has 33 heavy (non-hydrogen) atoms. The third kappa shape index (κ3) is 5.30. The minimum atomic E-state index is -0.362. The number of nitrogens with one attached hydrogen (secondary N) is 3. The molecule has 6 heteroatoms. The number of para-hydroxylation sites is 2. The zero-order valence-corrected chi connectivity index (χ0v) is 18.3. The van der Waals surface area contributed by atoms with Crippen LogP contribution in [0.1, 0.15) is 21.5 Å². The Morgan fingerprint density at radius 1 is 0.939 bits per heavy atom. The average Bonchev–Trinajstić information content (AvgIpc) is 3.27. The van der Waals surface area contributed by atoms with Gasteiger partial charge < -0.3 is 20.4 Å². The van der Waals surface area contributed by atoms with E-state index in [0.29, 0.717) is 18.5 Å². The van der Waals surface area contributed by atoms with Gasteiger partial charge in [0, 0.05) is 34.8 Å². The van der Waals surface area contributed by atoms with E-state index in [1.54, 1.807) is 37.5 Å². The van der Waals surface area contributed by atoms with Crippen molar-refractivity contribution in [3.05, 3.63) is 107 Å². The third-order valence-electron chi connectivity index (χ3n) is 5.32. The number of hydrogen-bond acceptors (Lipinski definition) is 3. The lowest BCUT2D eigenvalue weighted by Gasteiger charge is -2.12. The van der Waals surface area contributed by atoms with E-state index in [-0.39, 0.29) is 17.5 Å². The number of carbonyl (C=O) groups is 2. The lowest BCUT2D eigenvalue weighted by molar-refractivity contribution is -0.117. The molecule has 0 bridgehead atoms. The Hall–Kier alpha value is -4.32. The van der Waals surface area contributed by atoms with E-state index in [1.165, 1.54) is 0 Å². The SMILES string of the molecule is COc1ccccc1CCNC(=O)/C(=C/c1c[nH]c2ccccc12)NC(=O)c1ccccc1. The molecule has 1 aromatic heterocycles. The minimum Gasteiger partial charge on any atom is -0.496 e. The quantitative estimate of drug-likeness (QED) is 0.358. The molecule has 0 radical (unpaired) electrons. The van der Waals surface area contributed by atoms with Gasteiger partial charge in [-0.05, 0) is 42.3 Å². The highest BCUT2D eigenvalue weighted by Crippen LogP contribution is 2.20. The molecule has 0 atom stereocenters. The minimum absolute atomic E-state index is 0.175. The van der Waals surface area contributed by atoms with Crippen molar-refractivity contribution in [2.45, 2.75) is 6.42 Å². The Kier molecular flexibility index (Phi) is 6.85. The van der Waals surface area contributed by atoms with Crippen molar-refractivity contribution in [2.24, 2.45) is 0 Å². The standard InChI is InChI=1S/C27H25N3O3/c1-33-25-14-8-5-9-19(25)15-16-28-27(32)24(30-26(31)20-10-3-2-4-11-20)17-21-18-29-23-13-7-6-12-22(21)23/h2-14,17-18,29H,15-16H2,1H3,(H,28,32)(H,30,31)/b24-17-. The van der Waals surface area contributed by atoms with Gasteiger partial charge in [0.2, 0.25) is 0 Å².